The van der Waals surface area contributed by atoms with Crippen LogP contribution in [-0.4, -0.2) is 13.0 Å². The number of benzene rings is 3. The molecule has 2 atom stereocenters. The predicted octanol–water partition coefficient (Wildman–Crippen LogP) is 3.87. The Bertz CT molecular complexity index is 864. The number of rotatable bonds is 8. The van der Waals surface area contributed by atoms with Gasteiger partial charge in [0.05, 0.1) is 5.92 Å². The first-order chi connectivity index (χ1) is 13.7. The van der Waals surface area contributed by atoms with Gasteiger partial charge < -0.3 is 15.8 Å². The average molecular weight is 374 g/mol. The molecule has 28 heavy (non-hydrogen) atoms. The molecule has 0 spiro atoms. The molecule has 1 amide bonds. The fourth-order valence-corrected chi connectivity index (χ4v) is 3.19. The standard InChI is InChI=1S/C24H26N2O2/c1-26-24(27)22(23(25)20-10-6-3-7-11-20)16-18-12-14-21(15-13-18)28-17-19-8-4-2-5-9-19/h2-15,22-23H,16-17,25H2,1H3,(H,26,27). The van der Waals surface area contributed by atoms with E-state index in [2.05, 4.69) is 5.32 Å². The van der Waals surface area contributed by atoms with Crippen molar-refractivity contribution in [2.45, 2.75) is 19.1 Å². The summed E-state index contributed by atoms with van der Waals surface area (Å²) in [5.74, 6) is 0.403. The third kappa shape index (κ3) is 5.21. The fourth-order valence-electron chi connectivity index (χ4n) is 3.19. The minimum Gasteiger partial charge on any atom is -0.489 e. The molecule has 3 N–H and O–H groups in total. The van der Waals surface area contributed by atoms with E-state index < -0.39 is 0 Å². The first-order valence-electron chi connectivity index (χ1n) is 9.45. The van der Waals surface area contributed by atoms with Gasteiger partial charge in [-0.2, -0.15) is 0 Å². The second-order valence-electron chi connectivity index (χ2n) is 6.78. The van der Waals surface area contributed by atoms with Crippen LogP contribution >= 0.6 is 0 Å². The van der Waals surface area contributed by atoms with E-state index >= 15 is 0 Å². The molecule has 0 saturated carbocycles. The summed E-state index contributed by atoms with van der Waals surface area (Å²) in [6, 6.07) is 27.3. The molecular weight excluding hydrogens is 348 g/mol. The lowest BCUT2D eigenvalue weighted by atomic mass is 9.87. The van der Waals surface area contributed by atoms with Crippen LogP contribution < -0.4 is 15.8 Å². The summed E-state index contributed by atoms with van der Waals surface area (Å²) in [6.45, 7) is 0.528. The molecule has 3 rings (SSSR count). The van der Waals surface area contributed by atoms with Crippen molar-refractivity contribution in [1.29, 1.82) is 0 Å². The molecule has 4 nitrogen and oxygen atoms in total. The molecule has 0 aliphatic rings. The highest BCUT2D eigenvalue weighted by Gasteiger charge is 2.26. The quantitative estimate of drug-likeness (QED) is 0.629. The van der Waals surface area contributed by atoms with Crippen molar-refractivity contribution in [3.05, 3.63) is 102 Å². The van der Waals surface area contributed by atoms with E-state index in [1.54, 1.807) is 7.05 Å². The normalized spacial score (nSPS) is 12.8. The van der Waals surface area contributed by atoms with Crippen LogP contribution in [0.1, 0.15) is 22.7 Å². The molecule has 2 unspecified atom stereocenters. The summed E-state index contributed by atoms with van der Waals surface area (Å²) in [6.07, 6.45) is 0.564. The van der Waals surface area contributed by atoms with Crippen molar-refractivity contribution in [2.75, 3.05) is 7.05 Å². The third-order valence-corrected chi connectivity index (χ3v) is 4.83. The Hall–Kier alpha value is -3.11. The number of nitrogens with one attached hydrogen (secondary N) is 1. The second-order valence-corrected chi connectivity index (χ2v) is 6.78. The maximum atomic E-state index is 12.4. The molecule has 0 saturated heterocycles. The molecule has 0 aliphatic heterocycles. The maximum Gasteiger partial charge on any atom is 0.225 e. The van der Waals surface area contributed by atoms with Gasteiger partial charge in [0, 0.05) is 13.1 Å². The lowest BCUT2D eigenvalue weighted by Gasteiger charge is -2.23. The Morgan fingerprint density at radius 3 is 2.11 bits per heavy atom. The van der Waals surface area contributed by atoms with Gasteiger partial charge in [-0.1, -0.05) is 72.8 Å². The first-order valence-corrected chi connectivity index (χ1v) is 9.45. The summed E-state index contributed by atoms with van der Waals surface area (Å²) >= 11 is 0. The van der Waals surface area contributed by atoms with E-state index in [0.29, 0.717) is 13.0 Å². The van der Waals surface area contributed by atoms with Crippen LogP contribution in [0.5, 0.6) is 5.75 Å². The molecule has 0 bridgehead atoms. The zero-order chi connectivity index (χ0) is 19.8. The number of amides is 1. The van der Waals surface area contributed by atoms with Crippen LogP contribution in [0.3, 0.4) is 0 Å². The number of ether oxygens (including phenoxy) is 1. The topological polar surface area (TPSA) is 64.3 Å². The molecule has 0 aromatic heterocycles. The molecule has 3 aromatic rings. The summed E-state index contributed by atoms with van der Waals surface area (Å²) < 4.78 is 5.83. The maximum absolute atomic E-state index is 12.4. The van der Waals surface area contributed by atoms with Crippen molar-refractivity contribution in [3.8, 4) is 5.75 Å². The summed E-state index contributed by atoms with van der Waals surface area (Å²) in [5.41, 5.74) is 9.55. The Morgan fingerprint density at radius 2 is 1.50 bits per heavy atom. The Kier molecular flexibility index (Phi) is 6.82. The van der Waals surface area contributed by atoms with Gasteiger partial charge >= 0.3 is 0 Å². The van der Waals surface area contributed by atoms with Crippen molar-refractivity contribution in [3.63, 3.8) is 0 Å². The SMILES string of the molecule is CNC(=O)C(Cc1ccc(OCc2ccccc2)cc1)C(N)c1ccccc1. The van der Waals surface area contributed by atoms with Crippen LogP contribution in [0.2, 0.25) is 0 Å². The van der Waals surface area contributed by atoms with Gasteiger partial charge in [0.1, 0.15) is 12.4 Å². The second kappa shape index (κ2) is 9.72. The number of nitrogens with two attached hydrogens (primary N) is 1. The average Bonchev–Trinajstić information content (AvgIpc) is 2.77. The number of hydrogen-bond donors (Lipinski definition) is 2. The fraction of sp³-hybridized carbons (Fsp3) is 0.208. The van der Waals surface area contributed by atoms with Crippen molar-refractivity contribution in [2.24, 2.45) is 11.7 Å². The summed E-state index contributed by atoms with van der Waals surface area (Å²) in [7, 11) is 1.65. The predicted molar refractivity (Wildman–Crippen MR) is 112 cm³/mol. The first kappa shape index (κ1) is 19.6. The van der Waals surface area contributed by atoms with Crippen molar-refractivity contribution >= 4 is 5.91 Å². The smallest absolute Gasteiger partial charge is 0.225 e. The highest BCUT2D eigenvalue weighted by Crippen LogP contribution is 2.25. The zero-order valence-corrected chi connectivity index (χ0v) is 16.0. The van der Waals surface area contributed by atoms with E-state index in [9.17, 15) is 4.79 Å². The molecule has 0 aliphatic carbocycles. The molecular formula is C24H26N2O2. The number of carbonyl (C=O) groups is 1. The van der Waals surface area contributed by atoms with E-state index in [1.807, 2.05) is 84.9 Å². The third-order valence-electron chi connectivity index (χ3n) is 4.83. The van der Waals surface area contributed by atoms with Gasteiger partial charge in [-0.05, 0) is 35.2 Å². The van der Waals surface area contributed by atoms with Gasteiger partial charge in [0.25, 0.3) is 0 Å². The minimum atomic E-state index is -0.366. The van der Waals surface area contributed by atoms with E-state index in [-0.39, 0.29) is 17.9 Å². The van der Waals surface area contributed by atoms with Crippen molar-refractivity contribution < 1.29 is 9.53 Å². The zero-order valence-electron chi connectivity index (χ0n) is 16.0. The van der Waals surface area contributed by atoms with Gasteiger partial charge in [-0.25, -0.2) is 0 Å². The molecule has 0 heterocycles. The van der Waals surface area contributed by atoms with Gasteiger partial charge in [0.15, 0.2) is 0 Å². The monoisotopic (exact) mass is 374 g/mol. The van der Waals surface area contributed by atoms with E-state index in [0.717, 1.165) is 22.4 Å². The summed E-state index contributed by atoms with van der Waals surface area (Å²) in [5, 5.41) is 2.74. The molecule has 3 aromatic carbocycles. The van der Waals surface area contributed by atoms with Crippen LogP contribution in [0.4, 0.5) is 0 Å². The van der Waals surface area contributed by atoms with Gasteiger partial charge in [0.2, 0.25) is 5.91 Å². The van der Waals surface area contributed by atoms with E-state index in [1.165, 1.54) is 0 Å². The Labute approximate surface area is 166 Å². The lowest BCUT2D eigenvalue weighted by Crippen LogP contribution is -2.36. The largest absolute Gasteiger partial charge is 0.489 e. The van der Waals surface area contributed by atoms with Crippen LogP contribution in [0, 0.1) is 5.92 Å². The Balaban J connectivity index is 1.66. The number of hydrogen-bond acceptors (Lipinski definition) is 3. The van der Waals surface area contributed by atoms with Gasteiger partial charge in [-0.15, -0.1) is 0 Å². The Morgan fingerprint density at radius 1 is 0.893 bits per heavy atom. The summed E-state index contributed by atoms with van der Waals surface area (Å²) in [4.78, 5) is 12.4. The molecule has 144 valence electrons. The minimum absolute atomic E-state index is 0.0549. The highest BCUT2D eigenvalue weighted by atomic mass is 16.5. The lowest BCUT2D eigenvalue weighted by molar-refractivity contribution is -0.125. The van der Waals surface area contributed by atoms with Crippen LogP contribution in [0.25, 0.3) is 0 Å². The van der Waals surface area contributed by atoms with Crippen LogP contribution in [-0.2, 0) is 17.8 Å². The number of carbonyl (C=O) groups excluding carboxylic acids is 1. The van der Waals surface area contributed by atoms with Crippen molar-refractivity contribution in [1.82, 2.24) is 5.32 Å². The van der Waals surface area contributed by atoms with Crippen LogP contribution in [0.15, 0.2) is 84.9 Å². The van der Waals surface area contributed by atoms with Gasteiger partial charge in [-0.3, -0.25) is 4.79 Å². The van der Waals surface area contributed by atoms with E-state index in [4.69, 9.17) is 10.5 Å². The molecule has 0 radical (unpaired) electrons. The molecule has 4 heteroatoms. The highest BCUT2D eigenvalue weighted by molar-refractivity contribution is 5.79. The molecule has 0 fully saturated rings.